The number of hydrogen-bond acceptors (Lipinski definition) is 2. The van der Waals surface area contributed by atoms with Crippen LogP contribution in [0.2, 0.25) is 0 Å². The highest BCUT2D eigenvalue weighted by Crippen LogP contribution is 1.88. The van der Waals surface area contributed by atoms with E-state index in [-0.39, 0.29) is 6.10 Å². The zero-order valence-electron chi connectivity index (χ0n) is 5.55. The fourth-order valence-corrected chi connectivity index (χ4v) is 0.398. The first-order valence-electron chi connectivity index (χ1n) is 3.03. The van der Waals surface area contributed by atoms with Gasteiger partial charge in [-0.25, -0.2) is 0 Å². The molecule has 0 aliphatic heterocycles. The first-order chi connectivity index (χ1) is 3.77. The maximum absolute atomic E-state index is 8.70. The molecule has 2 heteroatoms. The zero-order chi connectivity index (χ0) is 6.41. The topological polar surface area (TPSA) is 29.5 Å². The third-order valence-electron chi connectivity index (χ3n) is 0.884. The SMILES string of the molecule is CCOCC[C@H](C)O. The van der Waals surface area contributed by atoms with Crippen LogP contribution in [0.3, 0.4) is 0 Å². The Morgan fingerprint density at radius 3 is 2.62 bits per heavy atom. The van der Waals surface area contributed by atoms with E-state index in [2.05, 4.69) is 0 Å². The molecule has 0 radical (unpaired) electrons. The predicted octanol–water partition coefficient (Wildman–Crippen LogP) is 0.794. The Bertz CT molecular complexity index is 43.8. The monoisotopic (exact) mass is 118 g/mol. The Hall–Kier alpha value is -0.0800. The average Bonchev–Trinajstić information content (AvgIpc) is 1.66. The van der Waals surface area contributed by atoms with Crippen molar-refractivity contribution in [2.24, 2.45) is 0 Å². The van der Waals surface area contributed by atoms with Crippen molar-refractivity contribution in [3.63, 3.8) is 0 Å². The summed E-state index contributed by atoms with van der Waals surface area (Å²) in [7, 11) is 0. The zero-order valence-corrected chi connectivity index (χ0v) is 5.55. The van der Waals surface area contributed by atoms with E-state index in [4.69, 9.17) is 9.84 Å². The lowest BCUT2D eigenvalue weighted by Gasteiger charge is -2.01. The van der Waals surface area contributed by atoms with Crippen LogP contribution >= 0.6 is 0 Å². The summed E-state index contributed by atoms with van der Waals surface area (Å²) in [4.78, 5) is 0. The molecule has 0 spiro atoms. The van der Waals surface area contributed by atoms with Crippen LogP contribution in [0, 0.1) is 0 Å². The number of rotatable bonds is 4. The summed E-state index contributed by atoms with van der Waals surface area (Å²) in [5.74, 6) is 0. The minimum absolute atomic E-state index is 0.221. The van der Waals surface area contributed by atoms with E-state index < -0.39 is 0 Å². The minimum Gasteiger partial charge on any atom is -0.393 e. The van der Waals surface area contributed by atoms with Gasteiger partial charge in [0.05, 0.1) is 6.10 Å². The van der Waals surface area contributed by atoms with Crippen LogP contribution in [-0.2, 0) is 4.74 Å². The molecule has 2 nitrogen and oxygen atoms in total. The van der Waals surface area contributed by atoms with Crippen molar-refractivity contribution in [1.29, 1.82) is 0 Å². The molecule has 0 aromatic rings. The Kier molecular flexibility index (Phi) is 5.01. The molecule has 0 aliphatic carbocycles. The molecule has 0 bridgehead atoms. The molecular weight excluding hydrogens is 104 g/mol. The second kappa shape index (κ2) is 5.06. The summed E-state index contributed by atoms with van der Waals surface area (Å²) in [5, 5.41) is 8.70. The predicted molar refractivity (Wildman–Crippen MR) is 32.8 cm³/mol. The van der Waals surface area contributed by atoms with Gasteiger partial charge in [-0.05, 0) is 20.3 Å². The molecule has 0 rings (SSSR count). The van der Waals surface area contributed by atoms with Gasteiger partial charge in [0.2, 0.25) is 0 Å². The Balaban J connectivity index is 2.72. The van der Waals surface area contributed by atoms with Gasteiger partial charge >= 0.3 is 0 Å². The van der Waals surface area contributed by atoms with Gasteiger partial charge in [-0.15, -0.1) is 0 Å². The van der Waals surface area contributed by atoms with E-state index in [1.807, 2.05) is 6.92 Å². The van der Waals surface area contributed by atoms with Crippen molar-refractivity contribution in [3.05, 3.63) is 0 Å². The molecule has 0 saturated carbocycles. The number of aliphatic hydroxyl groups is 1. The highest BCUT2D eigenvalue weighted by atomic mass is 16.5. The van der Waals surface area contributed by atoms with Gasteiger partial charge in [-0.3, -0.25) is 0 Å². The van der Waals surface area contributed by atoms with Gasteiger partial charge in [0, 0.05) is 13.2 Å². The summed E-state index contributed by atoms with van der Waals surface area (Å²) in [6.45, 7) is 5.13. The first kappa shape index (κ1) is 7.92. The van der Waals surface area contributed by atoms with Crippen molar-refractivity contribution in [2.45, 2.75) is 26.4 Å². The van der Waals surface area contributed by atoms with Crippen LogP contribution in [0.15, 0.2) is 0 Å². The van der Waals surface area contributed by atoms with E-state index >= 15 is 0 Å². The summed E-state index contributed by atoms with van der Waals surface area (Å²) in [6.07, 6.45) is 0.523. The van der Waals surface area contributed by atoms with Crippen molar-refractivity contribution in [3.8, 4) is 0 Å². The van der Waals surface area contributed by atoms with Crippen LogP contribution < -0.4 is 0 Å². The summed E-state index contributed by atoms with van der Waals surface area (Å²) in [6, 6.07) is 0. The molecule has 0 unspecified atom stereocenters. The van der Waals surface area contributed by atoms with E-state index in [1.54, 1.807) is 6.92 Å². The first-order valence-corrected chi connectivity index (χ1v) is 3.03. The maximum atomic E-state index is 8.70. The van der Waals surface area contributed by atoms with Crippen LogP contribution in [-0.4, -0.2) is 24.4 Å². The Labute approximate surface area is 50.5 Å². The number of aliphatic hydroxyl groups excluding tert-OH is 1. The van der Waals surface area contributed by atoms with Crippen molar-refractivity contribution >= 4 is 0 Å². The molecule has 50 valence electrons. The van der Waals surface area contributed by atoms with Crippen LogP contribution in [0.25, 0.3) is 0 Å². The standard InChI is InChI=1S/C6H14O2/c1-3-8-5-4-6(2)7/h6-7H,3-5H2,1-2H3/t6-/m0/s1. The van der Waals surface area contributed by atoms with E-state index in [0.29, 0.717) is 6.61 Å². The summed E-state index contributed by atoms with van der Waals surface area (Å²) >= 11 is 0. The molecule has 0 fully saturated rings. The van der Waals surface area contributed by atoms with E-state index in [0.717, 1.165) is 13.0 Å². The third-order valence-corrected chi connectivity index (χ3v) is 0.884. The minimum atomic E-state index is -0.221. The molecule has 8 heavy (non-hydrogen) atoms. The molecule has 0 amide bonds. The number of ether oxygens (including phenoxy) is 1. The van der Waals surface area contributed by atoms with Crippen LogP contribution in [0.5, 0.6) is 0 Å². The quantitative estimate of drug-likeness (QED) is 0.553. The van der Waals surface area contributed by atoms with E-state index in [1.165, 1.54) is 0 Å². The second-order valence-electron chi connectivity index (χ2n) is 1.83. The van der Waals surface area contributed by atoms with Crippen molar-refractivity contribution in [2.75, 3.05) is 13.2 Å². The van der Waals surface area contributed by atoms with Gasteiger partial charge in [-0.1, -0.05) is 0 Å². The van der Waals surface area contributed by atoms with Crippen molar-refractivity contribution in [1.82, 2.24) is 0 Å². The largest absolute Gasteiger partial charge is 0.393 e. The molecule has 0 aromatic heterocycles. The highest BCUT2D eigenvalue weighted by molar-refractivity contribution is 4.42. The van der Waals surface area contributed by atoms with E-state index in [9.17, 15) is 0 Å². The maximum Gasteiger partial charge on any atom is 0.0534 e. The Morgan fingerprint density at radius 2 is 2.25 bits per heavy atom. The lowest BCUT2D eigenvalue weighted by atomic mass is 10.3. The van der Waals surface area contributed by atoms with Gasteiger partial charge in [-0.2, -0.15) is 0 Å². The summed E-state index contributed by atoms with van der Waals surface area (Å²) < 4.78 is 4.98. The third kappa shape index (κ3) is 5.92. The smallest absolute Gasteiger partial charge is 0.0534 e. The second-order valence-corrected chi connectivity index (χ2v) is 1.83. The van der Waals surface area contributed by atoms with Gasteiger partial charge in [0.15, 0.2) is 0 Å². The molecular formula is C6H14O2. The van der Waals surface area contributed by atoms with Gasteiger partial charge < -0.3 is 9.84 Å². The van der Waals surface area contributed by atoms with Gasteiger partial charge in [0.1, 0.15) is 0 Å². The number of hydrogen-bond donors (Lipinski definition) is 1. The lowest BCUT2D eigenvalue weighted by molar-refractivity contribution is 0.0968. The average molecular weight is 118 g/mol. The van der Waals surface area contributed by atoms with Gasteiger partial charge in [0.25, 0.3) is 0 Å². The normalized spacial score (nSPS) is 13.9. The molecule has 0 heterocycles. The highest BCUT2D eigenvalue weighted by Gasteiger charge is 1.92. The Morgan fingerprint density at radius 1 is 1.62 bits per heavy atom. The lowest BCUT2D eigenvalue weighted by Crippen LogP contribution is -2.04. The fraction of sp³-hybridized carbons (Fsp3) is 1.00. The molecule has 0 aromatic carbocycles. The molecule has 1 N–H and O–H groups in total. The fourth-order valence-electron chi connectivity index (χ4n) is 0.398. The van der Waals surface area contributed by atoms with Crippen molar-refractivity contribution < 1.29 is 9.84 Å². The molecule has 1 atom stereocenters. The van der Waals surface area contributed by atoms with Crippen LogP contribution in [0.1, 0.15) is 20.3 Å². The molecule has 0 aliphatic rings. The molecule has 0 saturated heterocycles. The van der Waals surface area contributed by atoms with Crippen LogP contribution in [0.4, 0.5) is 0 Å². The summed E-state index contributed by atoms with van der Waals surface area (Å²) in [5.41, 5.74) is 0.